The molecule has 0 spiro atoms. The molecule has 7 heteroatoms. The second-order valence-electron chi connectivity index (χ2n) is 3.98. The van der Waals surface area contributed by atoms with Crippen molar-refractivity contribution in [2.45, 2.75) is 39.2 Å². The maximum Gasteiger partial charge on any atom is 0.214 e. The second kappa shape index (κ2) is 7.99. The van der Waals surface area contributed by atoms with E-state index >= 15 is 0 Å². The normalized spacial score (nSPS) is 14.5. The molecule has 104 valence electrons. The Bertz CT molecular complexity index is 287. The molecule has 0 saturated carbocycles. The molecule has 0 radical (unpaired) electrons. The summed E-state index contributed by atoms with van der Waals surface area (Å²) in [5, 5.41) is 0. The van der Waals surface area contributed by atoms with Gasteiger partial charge in [-0.1, -0.05) is 0 Å². The fraction of sp³-hybridized carbons (Fsp3) is 1.00. The maximum absolute atomic E-state index is 11.7. The van der Waals surface area contributed by atoms with E-state index in [0.29, 0.717) is 0 Å². The average molecular weight is 269 g/mol. The first-order chi connectivity index (χ1) is 7.82. The summed E-state index contributed by atoms with van der Waals surface area (Å²) in [7, 11) is -0.458. The molecule has 0 aromatic carbocycles. The van der Waals surface area contributed by atoms with Gasteiger partial charge in [0.25, 0.3) is 0 Å². The molecule has 1 N–H and O–H groups in total. The minimum absolute atomic E-state index is 0.0216. The lowest BCUT2D eigenvalue weighted by atomic mass is 10.3. The van der Waals surface area contributed by atoms with Crippen molar-refractivity contribution in [1.82, 2.24) is 4.72 Å². The molecule has 0 saturated heterocycles. The quantitative estimate of drug-likeness (QED) is 0.611. The third-order valence-corrected chi connectivity index (χ3v) is 3.48. The van der Waals surface area contributed by atoms with Gasteiger partial charge in [0.05, 0.1) is 24.5 Å². The number of methoxy groups -OCH3 is 2. The van der Waals surface area contributed by atoms with Crippen molar-refractivity contribution in [2.24, 2.45) is 0 Å². The van der Waals surface area contributed by atoms with Gasteiger partial charge in [-0.25, -0.2) is 13.1 Å². The van der Waals surface area contributed by atoms with Crippen molar-refractivity contribution < 1.29 is 22.6 Å². The summed E-state index contributed by atoms with van der Waals surface area (Å²) in [6.45, 7) is 5.56. The van der Waals surface area contributed by atoms with E-state index in [-0.39, 0.29) is 18.5 Å². The van der Waals surface area contributed by atoms with E-state index < -0.39 is 22.4 Å². The molecule has 1 unspecified atom stereocenters. The Morgan fingerprint density at radius 3 is 2.06 bits per heavy atom. The molecule has 0 aliphatic rings. The highest BCUT2D eigenvalue weighted by Gasteiger charge is 2.21. The van der Waals surface area contributed by atoms with Crippen LogP contribution in [0.5, 0.6) is 0 Å². The summed E-state index contributed by atoms with van der Waals surface area (Å²) in [5.41, 5.74) is 0. The van der Waals surface area contributed by atoms with Crippen LogP contribution < -0.4 is 4.72 Å². The SMILES string of the molecule is COC(OC)C(C)NS(=O)(=O)CCOC(C)C. The topological polar surface area (TPSA) is 73.9 Å². The zero-order chi connectivity index (χ0) is 13.5. The van der Waals surface area contributed by atoms with Crippen LogP contribution in [0.15, 0.2) is 0 Å². The molecule has 0 fully saturated rings. The van der Waals surface area contributed by atoms with Crippen LogP contribution in [-0.4, -0.2) is 53.4 Å². The van der Waals surface area contributed by atoms with Crippen molar-refractivity contribution in [2.75, 3.05) is 26.6 Å². The number of hydrogen-bond donors (Lipinski definition) is 1. The Labute approximate surface area is 104 Å². The zero-order valence-electron chi connectivity index (χ0n) is 11.1. The van der Waals surface area contributed by atoms with Crippen molar-refractivity contribution in [3.8, 4) is 0 Å². The van der Waals surface area contributed by atoms with E-state index in [1.165, 1.54) is 14.2 Å². The van der Waals surface area contributed by atoms with Crippen LogP contribution in [0.25, 0.3) is 0 Å². The van der Waals surface area contributed by atoms with Crippen LogP contribution in [0.2, 0.25) is 0 Å². The molecule has 6 nitrogen and oxygen atoms in total. The van der Waals surface area contributed by atoms with Crippen LogP contribution in [0.4, 0.5) is 0 Å². The third-order valence-electron chi connectivity index (χ3n) is 2.04. The Kier molecular flexibility index (Phi) is 7.89. The summed E-state index contributed by atoms with van der Waals surface area (Å²) in [5.74, 6) is -0.0737. The lowest BCUT2D eigenvalue weighted by molar-refractivity contribution is -0.115. The Morgan fingerprint density at radius 1 is 1.12 bits per heavy atom. The highest BCUT2D eigenvalue weighted by Crippen LogP contribution is 2.01. The van der Waals surface area contributed by atoms with Crippen molar-refractivity contribution in [1.29, 1.82) is 0 Å². The van der Waals surface area contributed by atoms with Gasteiger partial charge in [-0.3, -0.25) is 0 Å². The predicted octanol–water partition coefficient (Wildman–Crippen LogP) is 0.338. The van der Waals surface area contributed by atoms with Crippen LogP contribution in [0, 0.1) is 0 Å². The molecule has 0 aliphatic heterocycles. The molecule has 0 amide bonds. The maximum atomic E-state index is 11.7. The van der Waals surface area contributed by atoms with Gasteiger partial charge in [-0.15, -0.1) is 0 Å². The second-order valence-corrected chi connectivity index (χ2v) is 5.86. The first kappa shape index (κ1) is 16.8. The standard InChI is InChI=1S/C10H23NO5S/c1-8(2)16-6-7-17(12,13)11-9(3)10(14-4)15-5/h8-11H,6-7H2,1-5H3. The molecule has 17 heavy (non-hydrogen) atoms. The number of hydrogen-bond acceptors (Lipinski definition) is 5. The van der Waals surface area contributed by atoms with E-state index in [2.05, 4.69) is 4.72 Å². The number of nitrogens with one attached hydrogen (secondary N) is 1. The van der Waals surface area contributed by atoms with Crippen molar-refractivity contribution >= 4 is 10.0 Å². The molecule has 0 aliphatic carbocycles. The first-order valence-electron chi connectivity index (χ1n) is 5.49. The van der Waals surface area contributed by atoms with E-state index in [1.54, 1.807) is 6.92 Å². The third kappa shape index (κ3) is 7.67. The summed E-state index contributed by atoms with van der Waals surface area (Å²) in [6.07, 6.45) is -0.580. The van der Waals surface area contributed by atoms with E-state index in [4.69, 9.17) is 14.2 Å². The van der Waals surface area contributed by atoms with Gasteiger partial charge >= 0.3 is 0 Å². The monoisotopic (exact) mass is 269 g/mol. The fourth-order valence-corrected chi connectivity index (χ4v) is 2.41. The molecule has 0 aromatic heterocycles. The minimum Gasteiger partial charge on any atom is -0.378 e. The Morgan fingerprint density at radius 2 is 1.65 bits per heavy atom. The summed E-state index contributed by atoms with van der Waals surface area (Å²) in [4.78, 5) is 0. The zero-order valence-corrected chi connectivity index (χ0v) is 11.9. The molecule has 1 atom stereocenters. The lowest BCUT2D eigenvalue weighted by Gasteiger charge is -2.22. The summed E-state index contributed by atoms with van der Waals surface area (Å²) in [6, 6.07) is -0.450. The number of sulfonamides is 1. The van der Waals surface area contributed by atoms with Crippen molar-refractivity contribution in [3.63, 3.8) is 0 Å². The minimum atomic E-state index is -3.38. The summed E-state index contributed by atoms with van der Waals surface area (Å²) < 4.78 is 40.9. The van der Waals surface area contributed by atoms with Gasteiger partial charge in [0, 0.05) is 14.2 Å². The highest BCUT2D eigenvalue weighted by atomic mass is 32.2. The molecule has 0 bridgehead atoms. The Hall–Kier alpha value is -0.210. The molecule has 0 rings (SSSR count). The molecular weight excluding hydrogens is 246 g/mol. The van der Waals surface area contributed by atoms with Gasteiger partial charge in [0.15, 0.2) is 6.29 Å². The lowest BCUT2D eigenvalue weighted by Crippen LogP contribution is -2.44. The smallest absolute Gasteiger partial charge is 0.214 e. The highest BCUT2D eigenvalue weighted by molar-refractivity contribution is 7.89. The molecule has 0 heterocycles. The largest absolute Gasteiger partial charge is 0.378 e. The number of rotatable bonds is 9. The average Bonchev–Trinajstić information content (AvgIpc) is 2.17. The predicted molar refractivity (Wildman–Crippen MR) is 65.3 cm³/mol. The fourth-order valence-electron chi connectivity index (χ4n) is 1.30. The van der Waals surface area contributed by atoms with Gasteiger partial charge < -0.3 is 14.2 Å². The van der Waals surface area contributed by atoms with E-state index in [1.807, 2.05) is 13.8 Å². The van der Waals surface area contributed by atoms with Gasteiger partial charge in [0.1, 0.15) is 0 Å². The Balaban J connectivity index is 4.15. The van der Waals surface area contributed by atoms with Crippen LogP contribution in [-0.2, 0) is 24.2 Å². The first-order valence-corrected chi connectivity index (χ1v) is 7.14. The van der Waals surface area contributed by atoms with Gasteiger partial charge in [0.2, 0.25) is 10.0 Å². The van der Waals surface area contributed by atoms with Crippen LogP contribution in [0.1, 0.15) is 20.8 Å². The van der Waals surface area contributed by atoms with Gasteiger partial charge in [-0.2, -0.15) is 0 Å². The van der Waals surface area contributed by atoms with Crippen LogP contribution in [0.3, 0.4) is 0 Å². The van der Waals surface area contributed by atoms with E-state index in [9.17, 15) is 8.42 Å². The van der Waals surface area contributed by atoms with Crippen LogP contribution >= 0.6 is 0 Å². The van der Waals surface area contributed by atoms with Crippen molar-refractivity contribution in [3.05, 3.63) is 0 Å². The van der Waals surface area contributed by atoms with E-state index in [0.717, 1.165) is 0 Å². The molecule has 0 aromatic rings. The van der Waals surface area contributed by atoms with Gasteiger partial charge in [-0.05, 0) is 20.8 Å². The molecular formula is C10H23NO5S. The number of ether oxygens (including phenoxy) is 3. The summed E-state index contributed by atoms with van der Waals surface area (Å²) >= 11 is 0.